The zero-order valence-electron chi connectivity index (χ0n) is 11.1. The summed E-state index contributed by atoms with van der Waals surface area (Å²) in [4.78, 5) is 11.3. The lowest BCUT2D eigenvalue weighted by molar-refractivity contribution is -0.139. The number of hydrogen-bond donors (Lipinski definition) is 2. The largest absolute Gasteiger partial charge is 0.497 e. The van der Waals surface area contributed by atoms with Crippen molar-refractivity contribution in [1.82, 2.24) is 5.32 Å². The summed E-state index contributed by atoms with van der Waals surface area (Å²) < 4.78 is 5.16. The van der Waals surface area contributed by atoms with Crippen LogP contribution in [0.5, 0.6) is 5.75 Å². The molecule has 0 aliphatic rings. The number of hydrogen-bond acceptors (Lipinski definition) is 3. The molecule has 2 rings (SSSR count). The molecule has 0 amide bonds. The zero-order chi connectivity index (χ0) is 14.5. The fourth-order valence-electron chi connectivity index (χ4n) is 2.06. The van der Waals surface area contributed by atoms with E-state index in [9.17, 15) is 9.90 Å². The fraction of sp³-hybridized carbons (Fsp3) is 0.188. The molecular formula is C16H15NO3. The number of nitrogens with one attached hydrogen (secondary N) is 1. The van der Waals surface area contributed by atoms with Gasteiger partial charge in [-0.1, -0.05) is 24.1 Å². The van der Waals surface area contributed by atoms with E-state index in [1.54, 1.807) is 13.2 Å². The van der Waals surface area contributed by atoms with Gasteiger partial charge in [-0.25, -0.2) is 0 Å². The molecule has 1 unspecified atom stereocenters. The molecule has 20 heavy (non-hydrogen) atoms. The number of benzene rings is 2. The van der Waals surface area contributed by atoms with E-state index in [2.05, 4.69) is 11.2 Å². The number of methoxy groups -OCH3 is 1. The molecule has 0 heterocycles. The number of fused-ring (bicyclic) bond motifs is 1. The Bertz CT molecular complexity index is 673. The van der Waals surface area contributed by atoms with Crippen LogP contribution in [-0.2, 0) is 4.79 Å². The van der Waals surface area contributed by atoms with Gasteiger partial charge in [0.25, 0.3) is 0 Å². The van der Waals surface area contributed by atoms with Gasteiger partial charge in [0.15, 0.2) is 0 Å². The SMILES string of the molecule is C#CCNC(C(=O)O)c1ccc2cc(OC)ccc2c1. The molecule has 0 spiro atoms. The van der Waals surface area contributed by atoms with Crippen LogP contribution in [0.4, 0.5) is 0 Å². The summed E-state index contributed by atoms with van der Waals surface area (Å²) in [6, 6.07) is 10.3. The Morgan fingerprint density at radius 2 is 2.05 bits per heavy atom. The second-order valence-electron chi connectivity index (χ2n) is 4.33. The summed E-state index contributed by atoms with van der Waals surface area (Å²) in [5, 5.41) is 14.0. The van der Waals surface area contributed by atoms with Crippen molar-refractivity contribution in [3.05, 3.63) is 42.0 Å². The summed E-state index contributed by atoms with van der Waals surface area (Å²) in [5.41, 5.74) is 0.672. The van der Waals surface area contributed by atoms with Crippen molar-refractivity contribution < 1.29 is 14.6 Å². The van der Waals surface area contributed by atoms with E-state index in [0.717, 1.165) is 16.5 Å². The third-order valence-electron chi connectivity index (χ3n) is 3.06. The molecular weight excluding hydrogens is 254 g/mol. The maximum Gasteiger partial charge on any atom is 0.325 e. The predicted molar refractivity (Wildman–Crippen MR) is 77.7 cm³/mol. The number of aliphatic carboxylic acids is 1. The number of terminal acetylenes is 1. The average Bonchev–Trinajstić information content (AvgIpc) is 2.46. The van der Waals surface area contributed by atoms with Crippen LogP contribution in [0.1, 0.15) is 11.6 Å². The van der Waals surface area contributed by atoms with Gasteiger partial charge in [0.2, 0.25) is 0 Å². The molecule has 0 saturated heterocycles. The highest BCUT2D eigenvalue weighted by Gasteiger charge is 2.18. The van der Waals surface area contributed by atoms with Crippen molar-refractivity contribution in [3.8, 4) is 18.1 Å². The fourth-order valence-corrected chi connectivity index (χ4v) is 2.06. The van der Waals surface area contributed by atoms with Crippen molar-refractivity contribution in [2.45, 2.75) is 6.04 Å². The monoisotopic (exact) mass is 269 g/mol. The summed E-state index contributed by atoms with van der Waals surface area (Å²) >= 11 is 0. The standard InChI is InChI=1S/C16H15NO3/c1-3-8-17-15(16(18)19)13-5-4-12-10-14(20-2)7-6-11(12)9-13/h1,4-7,9-10,15,17H,8H2,2H3,(H,18,19). The highest BCUT2D eigenvalue weighted by Crippen LogP contribution is 2.24. The van der Waals surface area contributed by atoms with E-state index in [-0.39, 0.29) is 6.54 Å². The van der Waals surface area contributed by atoms with Crippen molar-refractivity contribution in [3.63, 3.8) is 0 Å². The Labute approximate surface area is 117 Å². The topological polar surface area (TPSA) is 58.6 Å². The number of ether oxygens (including phenoxy) is 1. The minimum Gasteiger partial charge on any atom is -0.497 e. The Morgan fingerprint density at radius 3 is 2.70 bits per heavy atom. The lowest BCUT2D eigenvalue weighted by Crippen LogP contribution is -2.28. The van der Waals surface area contributed by atoms with Crippen LogP contribution < -0.4 is 10.1 Å². The molecule has 2 aromatic rings. The molecule has 1 atom stereocenters. The maximum absolute atomic E-state index is 11.3. The molecule has 0 radical (unpaired) electrons. The van der Waals surface area contributed by atoms with Gasteiger partial charge in [0.05, 0.1) is 13.7 Å². The predicted octanol–water partition coefficient (Wildman–Crippen LogP) is 2.20. The summed E-state index contributed by atoms with van der Waals surface area (Å²) in [6.07, 6.45) is 5.16. The second-order valence-corrected chi connectivity index (χ2v) is 4.33. The van der Waals surface area contributed by atoms with E-state index < -0.39 is 12.0 Å². The normalized spacial score (nSPS) is 11.8. The first-order chi connectivity index (χ1) is 9.65. The Balaban J connectivity index is 2.39. The Hall–Kier alpha value is -2.51. The smallest absolute Gasteiger partial charge is 0.325 e. The average molecular weight is 269 g/mol. The van der Waals surface area contributed by atoms with E-state index >= 15 is 0 Å². The van der Waals surface area contributed by atoms with Crippen molar-refractivity contribution in [1.29, 1.82) is 0 Å². The summed E-state index contributed by atoms with van der Waals surface area (Å²) in [5.74, 6) is 2.20. The van der Waals surface area contributed by atoms with Crippen LogP contribution in [0.3, 0.4) is 0 Å². The Kier molecular flexibility index (Phi) is 4.24. The molecule has 2 aromatic carbocycles. The summed E-state index contributed by atoms with van der Waals surface area (Å²) in [7, 11) is 1.61. The lowest BCUT2D eigenvalue weighted by atomic mass is 10.0. The van der Waals surface area contributed by atoms with Crippen molar-refractivity contribution in [2.24, 2.45) is 0 Å². The molecule has 0 aliphatic heterocycles. The Morgan fingerprint density at radius 1 is 1.35 bits per heavy atom. The van der Waals surface area contributed by atoms with E-state index in [4.69, 9.17) is 11.2 Å². The zero-order valence-corrected chi connectivity index (χ0v) is 11.1. The van der Waals surface area contributed by atoms with Crippen LogP contribution in [0.2, 0.25) is 0 Å². The molecule has 0 saturated carbocycles. The molecule has 0 aliphatic carbocycles. The van der Waals surface area contributed by atoms with Crippen molar-refractivity contribution >= 4 is 16.7 Å². The molecule has 4 nitrogen and oxygen atoms in total. The second kappa shape index (κ2) is 6.09. The first-order valence-electron chi connectivity index (χ1n) is 6.13. The van der Waals surface area contributed by atoms with Gasteiger partial charge in [-0.15, -0.1) is 6.42 Å². The van der Waals surface area contributed by atoms with Crippen LogP contribution >= 0.6 is 0 Å². The molecule has 2 N–H and O–H groups in total. The lowest BCUT2D eigenvalue weighted by Gasteiger charge is -2.14. The van der Waals surface area contributed by atoms with Gasteiger partial charge < -0.3 is 9.84 Å². The first kappa shape index (κ1) is 13.9. The van der Waals surface area contributed by atoms with Crippen LogP contribution in [-0.4, -0.2) is 24.7 Å². The van der Waals surface area contributed by atoms with Gasteiger partial charge in [0.1, 0.15) is 11.8 Å². The minimum absolute atomic E-state index is 0.206. The molecule has 102 valence electrons. The number of carboxylic acids is 1. The summed E-state index contributed by atoms with van der Waals surface area (Å²) in [6.45, 7) is 0.206. The third kappa shape index (κ3) is 2.90. The molecule has 4 heteroatoms. The van der Waals surface area contributed by atoms with Crippen LogP contribution in [0.15, 0.2) is 36.4 Å². The van der Waals surface area contributed by atoms with Crippen molar-refractivity contribution in [2.75, 3.05) is 13.7 Å². The van der Waals surface area contributed by atoms with Crippen LogP contribution in [0.25, 0.3) is 10.8 Å². The minimum atomic E-state index is -0.951. The van der Waals surface area contributed by atoms with Gasteiger partial charge in [-0.2, -0.15) is 0 Å². The highest BCUT2D eigenvalue weighted by atomic mass is 16.5. The highest BCUT2D eigenvalue weighted by molar-refractivity contribution is 5.86. The van der Waals surface area contributed by atoms with E-state index in [0.29, 0.717) is 5.56 Å². The number of carboxylic acid groups (broad SMARTS) is 1. The third-order valence-corrected chi connectivity index (χ3v) is 3.06. The number of carbonyl (C=O) groups is 1. The van der Waals surface area contributed by atoms with Gasteiger partial charge >= 0.3 is 5.97 Å². The van der Waals surface area contributed by atoms with E-state index in [1.165, 1.54) is 0 Å². The van der Waals surface area contributed by atoms with E-state index in [1.807, 2.05) is 30.3 Å². The quantitative estimate of drug-likeness (QED) is 0.817. The van der Waals surface area contributed by atoms with Gasteiger partial charge in [-0.3, -0.25) is 10.1 Å². The number of rotatable bonds is 5. The van der Waals surface area contributed by atoms with Gasteiger partial charge in [0, 0.05) is 0 Å². The van der Waals surface area contributed by atoms with Crippen LogP contribution in [0, 0.1) is 12.3 Å². The molecule has 0 fully saturated rings. The first-order valence-corrected chi connectivity index (χ1v) is 6.13. The molecule has 0 bridgehead atoms. The van der Waals surface area contributed by atoms with Gasteiger partial charge in [-0.05, 0) is 34.5 Å². The molecule has 0 aromatic heterocycles. The maximum atomic E-state index is 11.3.